The van der Waals surface area contributed by atoms with Gasteiger partial charge in [0, 0.05) is 12.2 Å². The molecule has 0 saturated carbocycles. The van der Waals surface area contributed by atoms with Crippen LogP contribution in [0, 0.1) is 0 Å². The van der Waals surface area contributed by atoms with E-state index in [-0.39, 0.29) is 0 Å². The van der Waals surface area contributed by atoms with Gasteiger partial charge in [0.05, 0.1) is 0 Å². The highest BCUT2D eigenvalue weighted by Gasteiger charge is 2.27. The van der Waals surface area contributed by atoms with E-state index >= 15 is 0 Å². The second kappa shape index (κ2) is 10.7. The first-order valence-electron chi connectivity index (χ1n) is 4.08. The summed E-state index contributed by atoms with van der Waals surface area (Å²) in [5, 5.41) is 15.6. The van der Waals surface area contributed by atoms with Crippen LogP contribution < -0.4 is 0 Å². The molecule has 0 aliphatic rings. The lowest BCUT2D eigenvalue weighted by Gasteiger charge is -2.03. The molecule has 0 amide bonds. The molecule has 0 saturated heterocycles. The number of carbonyl (C=O) groups is 2. The minimum Gasteiger partial charge on any atom is -0.478 e. The summed E-state index contributed by atoms with van der Waals surface area (Å²) in [5.74, 6) is -2.51. The SMILES string of the molecule is O=C(O)/C=C/C(=O)O.O=P(O)(O)O.O=P(O)(O)OP(=O)(O)O. The van der Waals surface area contributed by atoms with Crippen molar-refractivity contribution in [2.75, 3.05) is 0 Å². The molecule has 0 aromatic carbocycles. The molecule has 9 N–H and O–H groups in total. The van der Waals surface area contributed by atoms with Crippen molar-refractivity contribution in [3.63, 3.8) is 0 Å². The fourth-order valence-electron chi connectivity index (χ4n) is 0.281. The number of phosphoric acid groups is 3. The molecule has 0 atom stereocenters. The summed E-state index contributed by atoms with van der Waals surface area (Å²) >= 11 is 0. The Morgan fingerprint density at radius 2 is 0.864 bits per heavy atom. The molecule has 0 aromatic rings. The van der Waals surface area contributed by atoms with Gasteiger partial charge in [-0.2, -0.15) is 4.31 Å². The average Bonchev–Trinajstić information content (AvgIpc) is 2.06. The Bertz CT molecular complexity index is 471. The fourth-order valence-corrected chi connectivity index (χ4v) is 1.39. The Morgan fingerprint density at radius 3 is 0.909 bits per heavy atom. The molecule has 18 heteroatoms. The summed E-state index contributed by atoms with van der Waals surface area (Å²) in [7, 11) is -14.7. The minimum absolute atomic E-state index is 0.558. The van der Waals surface area contributed by atoms with Crippen LogP contribution in [-0.2, 0) is 27.6 Å². The maximum absolute atomic E-state index is 9.63. The van der Waals surface area contributed by atoms with E-state index < -0.39 is 35.4 Å². The highest BCUT2D eigenvalue weighted by Crippen LogP contribution is 2.53. The number of carboxylic acids is 2. The first-order chi connectivity index (χ1) is 9.33. The van der Waals surface area contributed by atoms with Crippen molar-refractivity contribution in [2.45, 2.75) is 0 Å². The normalized spacial score (nSPS) is 11.8. The second-order valence-electron chi connectivity index (χ2n) is 2.59. The van der Waals surface area contributed by atoms with Crippen LogP contribution in [0.25, 0.3) is 0 Å². The van der Waals surface area contributed by atoms with Gasteiger partial charge in [0.1, 0.15) is 0 Å². The summed E-state index contributed by atoms with van der Waals surface area (Å²) in [4.78, 5) is 71.7. The maximum atomic E-state index is 9.63. The third kappa shape index (κ3) is 61.4. The summed E-state index contributed by atoms with van der Waals surface area (Å²) in [6.07, 6.45) is 1.12. The number of carboxylic acid groups (broad SMARTS) is 2. The van der Waals surface area contributed by atoms with E-state index in [4.69, 9.17) is 49.0 Å². The fraction of sp³-hybridized carbons (Fsp3) is 0. The van der Waals surface area contributed by atoms with E-state index in [9.17, 15) is 18.7 Å². The molecule has 22 heavy (non-hydrogen) atoms. The van der Waals surface area contributed by atoms with Gasteiger partial charge in [0.25, 0.3) is 0 Å². The van der Waals surface area contributed by atoms with Crippen molar-refractivity contribution in [2.24, 2.45) is 0 Å². The van der Waals surface area contributed by atoms with Crippen LogP contribution in [0.4, 0.5) is 0 Å². The topological polar surface area (TPSA) is 277 Å². The van der Waals surface area contributed by atoms with Gasteiger partial charge in [0.2, 0.25) is 0 Å². The third-order valence-corrected chi connectivity index (χ3v) is 2.28. The number of hydrogen-bond donors (Lipinski definition) is 9. The van der Waals surface area contributed by atoms with Gasteiger partial charge < -0.3 is 44.5 Å². The molecule has 0 fully saturated rings. The molecule has 0 bridgehead atoms. The first-order valence-corrected chi connectivity index (χ1v) is 8.70. The van der Waals surface area contributed by atoms with Gasteiger partial charge in [-0.1, -0.05) is 0 Å². The van der Waals surface area contributed by atoms with Crippen LogP contribution >= 0.6 is 23.5 Å². The molecular formula is C4H11O15P3. The molecule has 15 nitrogen and oxygen atoms in total. The van der Waals surface area contributed by atoms with Crippen LogP contribution in [0.3, 0.4) is 0 Å². The molecule has 0 aliphatic carbocycles. The lowest BCUT2D eigenvalue weighted by atomic mass is 10.5. The summed E-state index contributed by atoms with van der Waals surface area (Å²) in [6, 6.07) is 0. The van der Waals surface area contributed by atoms with Crippen molar-refractivity contribution >= 4 is 35.4 Å². The number of rotatable bonds is 4. The predicted octanol–water partition coefficient (Wildman–Crippen LogP) is -2.03. The molecule has 0 aromatic heterocycles. The predicted molar refractivity (Wildman–Crippen MR) is 63.8 cm³/mol. The number of hydrogen-bond acceptors (Lipinski definition) is 6. The van der Waals surface area contributed by atoms with Gasteiger partial charge in [-0.05, 0) is 0 Å². The first kappa shape index (κ1) is 26.0. The van der Waals surface area contributed by atoms with Crippen LogP contribution in [0.1, 0.15) is 0 Å². The largest absolute Gasteiger partial charge is 0.478 e. The molecular weight excluding hydrogens is 381 g/mol. The molecule has 0 spiro atoms. The number of aliphatic carboxylic acids is 2. The zero-order valence-corrected chi connectivity index (χ0v) is 12.7. The van der Waals surface area contributed by atoms with E-state index in [2.05, 4.69) is 4.31 Å². The Balaban J connectivity index is -0.000000257. The van der Waals surface area contributed by atoms with Crippen molar-refractivity contribution in [3.05, 3.63) is 12.2 Å². The van der Waals surface area contributed by atoms with Crippen LogP contribution in [0.5, 0.6) is 0 Å². The molecule has 0 radical (unpaired) electrons. The Hall–Kier alpha value is -0.950. The lowest BCUT2D eigenvalue weighted by molar-refractivity contribution is -0.134. The minimum atomic E-state index is -5.05. The van der Waals surface area contributed by atoms with Gasteiger partial charge in [-0.15, -0.1) is 0 Å². The standard InChI is InChI=1S/C4H4O4.H4O7P2.H3O4P/c5-3(6)1-2-4(7)8;1-8(2,3)7-9(4,5)6;1-5(2,3)4/h1-2H,(H,5,6)(H,7,8);(H2,1,2,3)(H2,4,5,6);(H3,1,2,3,4)/b2-1+;;. The van der Waals surface area contributed by atoms with E-state index in [1.54, 1.807) is 0 Å². The second-order valence-corrected chi connectivity index (χ2v) is 6.23. The van der Waals surface area contributed by atoms with Gasteiger partial charge >= 0.3 is 35.4 Å². The summed E-state index contributed by atoms with van der Waals surface area (Å²) in [5.41, 5.74) is 0. The highest BCUT2D eigenvalue weighted by molar-refractivity contribution is 7.60. The van der Waals surface area contributed by atoms with Crippen LogP contribution in [0.2, 0.25) is 0 Å². The molecule has 0 unspecified atom stereocenters. The summed E-state index contributed by atoms with van der Waals surface area (Å²) < 4.78 is 31.1. The average molecular weight is 392 g/mol. The van der Waals surface area contributed by atoms with Crippen molar-refractivity contribution in [3.8, 4) is 0 Å². The quantitative estimate of drug-likeness (QED) is 0.184. The zero-order chi connectivity index (χ0) is 18.8. The van der Waals surface area contributed by atoms with Crippen LogP contribution in [-0.4, -0.2) is 56.4 Å². The summed E-state index contributed by atoms with van der Waals surface area (Å²) in [6.45, 7) is 0. The molecule has 0 heterocycles. The van der Waals surface area contributed by atoms with Gasteiger partial charge in [-0.3, -0.25) is 0 Å². The van der Waals surface area contributed by atoms with Gasteiger partial charge in [0.15, 0.2) is 0 Å². The Kier molecular flexibility index (Phi) is 12.7. The van der Waals surface area contributed by atoms with Crippen molar-refractivity contribution in [1.82, 2.24) is 0 Å². The van der Waals surface area contributed by atoms with E-state index in [0.717, 1.165) is 0 Å². The smallest absolute Gasteiger partial charge is 0.478 e. The van der Waals surface area contributed by atoms with Crippen molar-refractivity contribution in [1.29, 1.82) is 0 Å². The molecule has 132 valence electrons. The maximum Gasteiger partial charge on any atom is 0.478 e. The molecule has 0 aliphatic heterocycles. The van der Waals surface area contributed by atoms with Crippen molar-refractivity contribution < 1.29 is 72.1 Å². The van der Waals surface area contributed by atoms with E-state index in [1.807, 2.05) is 0 Å². The monoisotopic (exact) mass is 392 g/mol. The Morgan fingerprint density at radius 1 is 0.682 bits per heavy atom. The third-order valence-electron chi connectivity index (χ3n) is 0.581. The van der Waals surface area contributed by atoms with E-state index in [1.165, 1.54) is 0 Å². The van der Waals surface area contributed by atoms with Gasteiger partial charge in [-0.25, -0.2) is 23.3 Å². The molecule has 0 rings (SSSR count). The highest BCUT2D eigenvalue weighted by atomic mass is 31.3. The van der Waals surface area contributed by atoms with E-state index in [0.29, 0.717) is 12.2 Å². The van der Waals surface area contributed by atoms with Crippen LogP contribution in [0.15, 0.2) is 12.2 Å². The zero-order valence-electron chi connectivity index (χ0n) is 9.97. The lowest BCUT2D eigenvalue weighted by Crippen LogP contribution is -1.91. The Labute approximate surface area is 120 Å².